The van der Waals surface area contributed by atoms with Gasteiger partial charge in [-0.15, -0.1) is 0 Å². The Morgan fingerprint density at radius 3 is 1.90 bits per heavy atom. The molecule has 0 N–H and O–H groups in total. The fourth-order valence-corrected chi connectivity index (χ4v) is 1.54. The van der Waals surface area contributed by atoms with E-state index in [1.54, 1.807) is 12.1 Å². The van der Waals surface area contributed by atoms with Crippen LogP contribution in [-0.4, -0.2) is 16.7 Å². The Morgan fingerprint density at radius 2 is 1.38 bits per heavy atom. The number of hydrogen-bond acceptors (Lipinski definition) is 2. The summed E-state index contributed by atoms with van der Waals surface area (Å²) < 4.78 is 4.64. The molecule has 0 fully saturated rings. The zero-order valence-electron chi connectivity index (χ0n) is 11.2. The number of benzene rings is 2. The van der Waals surface area contributed by atoms with Gasteiger partial charge in [0.05, 0.1) is 6.61 Å². The number of ketones is 1. The number of alkyl halides is 3. The highest BCUT2D eigenvalue weighted by atomic mass is 35.6. The predicted molar refractivity (Wildman–Crippen MR) is 88.2 cm³/mol. The molecule has 0 amide bonds. The maximum Gasteiger partial charge on any atom is 0.188 e. The molecule has 0 atom stereocenters. The molecular weight excluding hydrogens is 331 g/mol. The standard InChI is InChI=1S/C15H14O2.CHCl3/c16-15(14-9-5-2-6-10-14)12-17-11-13-7-3-1-4-8-13;2-1(3)4/h1-10H,11-12H2;1H. The molecule has 0 aliphatic heterocycles. The van der Waals surface area contributed by atoms with Crippen LogP contribution < -0.4 is 0 Å². The number of carbonyl (C=O) groups is 1. The molecule has 0 saturated carbocycles. The fourth-order valence-electron chi connectivity index (χ4n) is 1.54. The molecule has 2 rings (SSSR count). The molecule has 2 aromatic rings. The van der Waals surface area contributed by atoms with E-state index < -0.39 is 4.30 Å². The largest absolute Gasteiger partial charge is 0.369 e. The number of rotatable bonds is 5. The van der Waals surface area contributed by atoms with E-state index in [9.17, 15) is 4.79 Å². The van der Waals surface area contributed by atoms with Gasteiger partial charge in [0.15, 0.2) is 10.1 Å². The molecular formula is C16H15Cl3O2. The number of hydrogen-bond donors (Lipinski definition) is 0. The third-order valence-electron chi connectivity index (χ3n) is 2.44. The number of Topliss-reactive ketones (excluding diaryl/α,β-unsaturated/α-hetero) is 1. The van der Waals surface area contributed by atoms with E-state index in [-0.39, 0.29) is 12.4 Å². The van der Waals surface area contributed by atoms with Gasteiger partial charge in [0.2, 0.25) is 0 Å². The summed E-state index contributed by atoms with van der Waals surface area (Å²) in [5.41, 5.74) is 1.77. The van der Waals surface area contributed by atoms with Crippen molar-refractivity contribution < 1.29 is 9.53 Å². The van der Waals surface area contributed by atoms with Crippen LogP contribution in [0.15, 0.2) is 60.7 Å². The zero-order chi connectivity index (χ0) is 15.5. The second-order valence-electron chi connectivity index (χ2n) is 4.02. The Bertz CT molecular complexity index is 513. The SMILES string of the molecule is ClC(Cl)Cl.O=C(COCc1ccccc1)c1ccccc1. The van der Waals surface area contributed by atoms with Crippen LogP contribution in [0.25, 0.3) is 0 Å². The summed E-state index contributed by atoms with van der Waals surface area (Å²) in [6, 6.07) is 19.0. The average Bonchev–Trinajstić information content (AvgIpc) is 2.48. The first-order valence-electron chi connectivity index (χ1n) is 6.21. The first-order chi connectivity index (χ1) is 10.1. The summed E-state index contributed by atoms with van der Waals surface area (Å²) in [6.07, 6.45) is 0. The maximum atomic E-state index is 11.7. The predicted octanol–water partition coefficient (Wildman–Crippen LogP) is 5.07. The van der Waals surface area contributed by atoms with E-state index in [2.05, 4.69) is 0 Å². The molecule has 0 aliphatic rings. The van der Waals surface area contributed by atoms with Gasteiger partial charge in [-0.1, -0.05) is 95.5 Å². The smallest absolute Gasteiger partial charge is 0.188 e. The van der Waals surface area contributed by atoms with Crippen LogP contribution in [0.4, 0.5) is 0 Å². The van der Waals surface area contributed by atoms with Gasteiger partial charge in [-0.2, -0.15) is 0 Å². The van der Waals surface area contributed by atoms with E-state index in [4.69, 9.17) is 39.5 Å². The van der Waals surface area contributed by atoms with Gasteiger partial charge in [-0.3, -0.25) is 4.79 Å². The van der Waals surface area contributed by atoms with Crippen molar-refractivity contribution in [1.82, 2.24) is 0 Å². The fraction of sp³-hybridized carbons (Fsp3) is 0.188. The monoisotopic (exact) mass is 344 g/mol. The van der Waals surface area contributed by atoms with Crippen LogP contribution in [0, 0.1) is 0 Å². The van der Waals surface area contributed by atoms with Crippen LogP contribution >= 0.6 is 34.8 Å². The summed E-state index contributed by atoms with van der Waals surface area (Å²) in [5.74, 6) is 0.0153. The lowest BCUT2D eigenvalue weighted by molar-refractivity contribution is 0.0726. The van der Waals surface area contributed by atoms with Crippen molar-refractivity contribution in [3.63, 3.8) is 0 Å². The Balaban J connectivity index is 0.000000491. The molecule has 21 heavy (non-hydrogen) atoms. The third-order valence-corrected chi connectivity index (χ3v) is 2.44. The molecule has 0 aromatic heterocycles. The van der Waals surface area contributed by atoms with Crippen LogP contribution in [0.5, 0.6) is 0 Å². The van der Waals surface area contributed by atoms with Gasteiger partial charge in [0.1, 0.15) is 6.61 Å². The minimum absolute atomic E-state index is 0.0153. The molecule has 2 aromatic carbocycles. The molecule has 0 radical (unpaired) electrons. The Kier molecular flexibility index (Phi) is 9.11. The van der Waals surface area contributed by atoms with Gasteiger partial charge >= 0.3 is 0 Å². The molecule has 5 heteroatoms. The minimum Gasteiger partial charge on any atom is -0.369 e. The Hall–Kier alpha value is -1.06. The maximum absolute atomic E-state index is 11.7. The van der Waals surface area contributed by atoms with E-state index in [0.29, 0.717) is 12.2 Å². The van der Waals surface area contributed by atoms with Crippen LogP contribution in [-0.2, 0) is 11.3 Å². The highest BCUT2D eigenvalue weighted by Crippen LogP contribution is 2.04. The van der Waals surface area contributed by atoms with Gasteiger partial charge in [-0.25, -0.2) is 0 Å². The van der Waals surface area contributed by atoms with Crippen LogP contribution in [0.1, 0.15) is 15.9 Å². The Morgan fingerprint density at radius 1 is 0.905 bits per heavy atom. The molecule has 112 valence electrons. The van der Waals surface area contributed by atoms with E-state index in [1.165, 1.54) is 0 Å². The second-order valence-corrected chi connectivity index (χ2v) is 5.99. The summed E-state index contributed by atoms with van der Waals surface area (Å²) >= 11 is 14.4. The van der Waals surface area contributed by atoms with Crippen molar-refractivity contribution in [2.24, 2.45) is 0 Å². The third kappa shape index (κ3) is 8.74. The second kappa shape index (κ2) is 10.6. The molecule has 0 bridgehead atoms. The van der Waals surface area contributed by atoms with Crippen molar-refractivity contribution in [1.29, 1.82) is 0 Å². The van der Waals surface area contributed by atoms with Crippen molar-refractivity contribution in [2.75, 3.05) is 6.61 Å². The summed E-state index contributed by atoms with van der Waals surface area (Å²) in [4.78, 5) is 11.7. The molecule has 0 heterocycles. The highest BCUT2D eigenvalue weighted by molar-refractivity contribution is 6.63. The molecule has 0 spiro atoms. The van der Waals surface area contributed by atoms with Crippen molar-refractivity contribution >= 4 is 40.6 Å². The van der Waals surface area contributed by atoms with Crippen LogP contribution in [0.2, 0.25) is 0 Å². The first-order valence-corrected chi connectivity index (χ1v) is 7.52. The van der Waals surface area contributed by atoms with E-state index in [0.717, 1.165) is 5.56 Å². The lowest BCUT2D eigenvalue weighted by Gasteiger charge is -2.03. The molecule has 0 aliphatic carbocycles. The van der Waals surface area contributed by atoms with E-state index >= 15 is 0 Å². The first kappa shape index (κ1) is 18.0. The molecule has 0 unspecified atom stereocenters. The molecule has 0 saturated heterocycles. The number of halogens is 3. The quantitative estimate of drug-likeness (QED) is 0.558. The lowest BCUT2D eigenvalue weighted by Crippen LogP contribution is -2.08. The van der Waals surface area contributed by atoms with Crippen molar-refractivity contribution in [3.05, 3.63) is 71.8 Å². The summed E-state index contributed by atoms with van der Waals surface area (Å²) in [5, 5.41) is 0. The van der Waals surface area contributed by atoms with Gasteiger partial charge < -0.3 is 4.74 Å². The summed E-state index contributed by atoms with van der Waals surface area (Å²) in [7, 11) is 0. The lowest BCUT2D eigenvalue weighted by atomic mass is 10.1. The van der Waals surface area contributed by atoms with Gasteiger partial charge in [0, 0.05) is 5.56 Å². The van der Waals surface area contributed by atoms with Crippen molar-refractivity contribution in [2.45, 2.75) is 10.9 Å². The summed E-state index contributed by atoms with van der Waals surface area (Å²) in [6.45, 7) is 0.596. The average molecular weight is 346 g/mol. The zero-order valence-corrected chi connectivity index (χ0v) is 13.5. The van der Waals surface area contributed by atoms with Crippen molar-refractivity contribution in [3.8, 4) is 0 Å². The highest BCUT2D eigenvalue weighted by Gasteiger charge is 2.04. The van der Waals surface area contributed by atoms with Gasteiger partial charge in [0.25, 0.3) is 0 Å². The normalized spacial score (nSPS) is 9.90. The van der Waals surface area contributed by atoms with Crippen LogP contribution in [0.3, 0.4) is 0 Å². The topological polar surface area (TPSA) is 26.3 Å². The number of ether oxygens (including phenoxy) is 1. The minimum atomic E-state index is -0.750. The van der Waals surface area contributed by atoms with Gasteiger partial charge in [-0.05, 0) is 5.56 Å². The number of carbonyl (C=O) groups excluding carboxylic acids is 1. The van der Waals surface area contributed by atoms with E-state index in [1.807, 2.05) is 48.5 Å². The Labute approximate surface area is 139 Å². The molecule has 2 nitrogen and oxygen atoms in total.